The van der Waals surface area contributed by atoms with Gasteiger partial charge in [0.2, 0.25) is 21.2 Å². The molecule has 0 saturated heterocycles. The average Bonchev–Trinajstić information content (AvgIpc) is 2.26. The highest BCUT2D eigenvalue weighted by Crippen LogP contribution is 2.13. The summed E-state index contributed by atoms with van der Waals surface area (Å²) in [5, 5.41) is 2.64. The van der Waals surface area contributed by atoms with E-state index in [1.54, 1.807) is 0 Å². The normalized spacial score (nSPS) is 12.5. The fourth-order valence-corrected chi connectivity index (χ4v) is 2.48. The molecule has 0 bridgehead atoms. The number of aromatic nitrogens is 2. The van der Waals surface area contributed by atoms with Crippen LogP contribution < -0.4 is 5.32 Å². The molecule has 0 atom stereocenters. The fourth-order valence-electron chi connectivity index (χ4n) is 1.36. The zero-order valence-corrected chi connectivity index (χ0v) is 13.3. The van der Waals surface area contributed by atoms with Crippen molar-refractivity contribution in [2.24, 2.45) is 0 Å². The molecule has 7 nitrogen and oxygen atoms in total. The Balaban J connectivity index is 2.83. The van der Waals surface area contributed by atoms with Gasteiger partial charge >= 0.3 is 0 Å². The van der Waals surface area contributed by atoms with E-state index in [0.717, 1.165) is 16.7 Å². The Morgan fingerprint density at radius 2 is 1.85 bits per heavy atom. The zero-order chi connectivity index (χ0) is 15.6. The molecule has 1 amide bonds. The number of hydrogen-bond donors (Lipinski definition) is 1. The maximum atomic E-state index is 12.2. The number of sulfonamides is 1. The van der Waals surface area contributed by atoms with Crippen LogP contribution in [0.1, 0.15) is 20.8 Å². The Hall–Kier alpha value is -1.25. The van der Waals surface area contributed by atoms with Crippen molar-refractivity contribution in [2.45, 2.75) is 31.2 Å². The summed E-state index contributed by atoms with van der Waals surface area (Å²) >= 11 is 5.50. The van der Waals surface area contributed by atoms with E-state index in [0.29, 0.717) is 0 Å². The summed E-state index contributed by atoms with van der Waals surface area (Å²) in [5.74, 6) is -0.390. The number of nitrogens with zero attached hydrogens (tertiary/aromatic N) is 3. The number of hydrogen-bond acceptors (Lipinski definition) is 5. The molecule has 9 heteroatoms. The summed E-state index contributed by atoms with van der Waals surface area (Å²) in [6.07, 6.45) is 2.20. The highest BCUT2D eigenvalue weighted by molar-refractivity contribution is 7.89. The largest absolute Gasteiger partial charge is 0.350 e. The molecule has 0 radical (unpaired) electrons. The van der Waals surface area contributed by atoms with E-state index in [4.69, 9.17) is 11.6 Å². The maximum absolute atomic E-state index is 12.2. The molecule has 0 spiro atoms. The van der Waals surface area contributed by atoms with E-state index in [1.807, 2.05) is 20.8 Å². The lowest BCUT2D eigenvalue weighted by atomic mass is 10.1. The van der Waals surface area contributed by atoms with Gasteiger partial charge in [0.25, 0.3) is 0 Å². The number of nitrogens with one attached hydrogen (secondary N) is 1. The minimum atomic E-state index is -3.82. The standard InChI is InChI=1S/C11H17ClN4O3S/c1-11(2,3)15-9(17)7-16(4)20(18,19)8-5-13-10(12)14-6-8/h5-6H,7H2,1-4H3,(H,15,17). The third-order valence-electron chi connectivity index (χ3n) is 2.19. The molecule has 0 aromatic carbocycles. The number of rotatable bonds is 4. The van der Waals surface area contributed by atoms with Crippen molar-refractivity contribution in [3.05, 3.63) is 17.7 Å². The molecule has 1 aromatic heterocycles. The van der Waals surface area contributed by atoms with Gasteiger partial charge in [0.1, 0.15) is 4.90 Å². The Bertz CT molecular complexity index is 581. The lowest BCUT2D eigenvalue weighted by Crippen LogP contribution is -2.46. The molecule has 0 unspecified atom stereocenters. The molecule has 0 aliphatic heterocycles. The molecule has 1 N–H and O–H groups in total. The minimum Gasteiger partial charge on any atom is -0.350 e. The van der Waals surface area contributed by atoms with Gasteiger partial charge in [-0.15, -0.1) is 0 Å². The van der Waals surface area contributed by atoms with Gasteiger partial charge in [-0.05, 0) is 32.4 Å². The molecule has 1 heterocycles. The first-order chi connectivity index (χ1) is 9.02. The quantitative estimate of drug-likeness (QED) is 0.823. The second kappa shape index (κ2) is 6.02. The maximum Gasteiger partial charge on any atom is 0.246 e. The van der Waals surface area contributed by atoms with Crippen molar-refractivity contribution in [3.8, 4) is 0 Å². The van der Waals surface area contributed by atoms with Crippen LogP contribution in [0.4, 0.5) is 0 Å². The van der Waals surface area contributed by atoms with E-state index in [2.05, 4.69) is 15.3 Å². The van der Waals surface area contributed by atoms with Crippen LogP contribution in [0.25, 0.3) is 0 Å². The van der Waals surface area contributed by atoms with Crippen molar-refractivity contribution in [1.29, 1.82) is 0 Å². The van der Waals surface area contributed by atoms with Crippen LogP contribution in [-0.2, 0) is 14.8 Å². The van der Waals surface area contributed by atoms with E-state index >= 15 is 0 Å². The summed E-state index contributed by atoms with van der Waals surface area (Å²) in [5.41, 5.74) is -0.426. The molecule has 0 aliphatic rings. The highest BCUT2D eigenvalue weighted by atomic mass is 35.5. The molecular weight excluding hydrogens is 304 g/mol. The van der Waals surface area contributed by atoms with Gasteiger partial charge in [-0.2, -0.15) is 4.31 Å². The van der Waals surface area contributed by atoms with Crippen molar-refractivity contribution < 1.29 is 13.2 Å². The van der Waals surface area contributed by atoms with Crippen LogP contribution in [0.2, 0.25) is 5.28 Å². The van der Waals surface area contributed by atoms with Crippen LogP contribution in [0.5, 0.6) is 0 Å². The van der Waals surface area contributed by atoms with E-state index in [-0.39, 0.29) is 16.7 Å². The molecule has 1 aromatic rings. The number of halogens is 1. The first kappa shape index (κ1) is 16.8. The lowest BCUT2D eigenvalue weighted by molar-refractivity contribution is -0.122. The highest BCUT2D eigenvalue weighted by Gasteiger charge is 2.25. The monoisotopic (exact) mass is 320 g/mol. The Kier molecular flexibility index (Phi) is 5.06. The molecule has 0 aliphatic carbocycles. The van der Waals surface area contributed by atoms with Gasteiger partial charge in [-0.3, -0.25) is 4.79 Å². The summed E-state index contributed by atoms with van der Waals surface area (Å²) in [6.45, 7) is 5.15. The van der Waals surface area contributed by atoms with Crippen molar-refractivity contribution in [2.75, 3.05) is 13.6 Å². The third-order valence-corrected chi connectivity index (χ3v) is 4.14. The van der Waals surface area contributed by atoms with Gasteiger partial charge in [0.05, 0.1) is 18.9 Å². The van der Waals surface area contributed by atoms with E-state index in [1.165, 1.54) is 7.05 Å². The number of carbonyl (C=O) groups excluding carboxylic acids is 1. The predicted molar refractivity (Wildman–Crippen MR) is 74.8 cm³/mol. The van der Waals surface area contributed by atoms with Crippen LogP contribution in [0.15, 0.2) is 17.3 Å². The van der Waals surface area contributed by atoms with Crippen molar-refractivity contribution in [3.63, 3.8) is 0 Å². The number of amides is 1. The minimum absolute atomic E-state index is 0.0444. The SMILES string of the molecule is CN(CC(=O)NC(C)(C)C)S(=O)(=O)c1cnc(Cl)nc1. The van der Waals surface area contributed by atoms with Crippen LogP contribution in [0.3, 0.4) is 0 Å². The van der Waals surface area contributed by atoms with E-state index < -0.39 is 21.5 Å². The Morgan fingerprint density at radius 1 is 1.35 bits per heavy atom. The molecular formula is C11H17ClN4O3S. The Labute approximate surface area is 123 Å². The second-order valence-electron chi connectivity index (χ2n) is 5.25. The lowest BCUT2D eigenvalue weighted by Gasteiger charge is -2.23. The molecule has 112 valence electrons. The van der Waals surface area contributed by atoms with Crippen LogP contribution in [0, 0.1) is 0 Å². The van der Waals surface area contributed by atoms with Gasteiger partial charge in [-0.25, -0.2) is 18.4 Å². The predicted octanol–water partition coefficient (Wildman–Crippen LogP) is 0.665. The smallest absolute Gasteiger partial charge is 0.246 e. The fraction of sp³-hybridized carbons (Fsp3) is 0.545. The molecule has 0 fully saturated rings. The summed E-state index contributed by atoms with van der Waals surface area (Å²) < 4.78 is 25.3. The average molecular weight is 321 g/mol. The van der Waals surface area contributed by atoms with Crippen molar-refractivity contribution in [1.82, 2.24) is 19.6 Å². The molecule has 1 rings (SSSR count). The van der Waals surface area contributed by atoms with Crippen LogP contribution in [-0.4, -0.2) is 47.7 Å². The Morgan fingerprint density at radius 3 is 2.30 bits per heavy atom. The van der Waals surface area contributed by atoms with E-state index in [9.17, 15) is 13.2 Å². The number of carbonyl (C=O) groups is 1. The van der Waals surface area contributed by atoms with Crippen LogP contribution >= 0.6 is 11.6 Å². The first-order valence-corrected chi connectivity index (χ1v) is 7.59. The van der Waals surface area contributed by atoms with Crippen molar-refractivity contribution >= 4 is 27.5 Å². The molecule has 0 saturated carbocycles. The van der Waals surface area contributed by atoms with Gasteiger partial charge < -0.3 is 5.32 Å². The summed E-state index contributed by atoms with van der Waals surface area (Å²) in [4.78, 5) is 18.8. The van der Waals surface area contributed by atoms with Gasteiger partial charge in [0, 0.05) is 12.6 Å². The third kappa shape index (κ3) is 4.69. The van der Waals surface area contributed by atoms with Gasteiger partial charge in [0.15, 0.2) is 0 Å². The topological polar surface area (TPSA) is 92.3 Å². The number of likely N-dealkylation sites (N-methyl/N-ethyl adjacent to an activating group) is 1. The summed E-state index contributed by atoms with van der Waals surface area (Å²) in [7, 11) is -2.51. The van der Waals surface area contributed by atoms with Gasteiger partial charge in [-0.1, -0.05) is 0 Å². The first-order valence-electron chi connectivity index (χ1n) is 5.77. The second-order valence-corrected chi connectivity index (χ2v) is 7.63. The molecule has 20 heavy (non-hydrogen) atoms. The zero-order valence-electron chi connectivity index (χ0n) is 11.7. The summed E-state index contributed by atoms with van der Waals surface area (Å²) in [6, 6.07) is 0.